The van der Waals surface area contributed by atoms with E-state index in [4.69, 9.17) is 4.74 Å². The van der Waals surface area contributed by atoms with Crippen molar-refractivity contribution in [2.24, 2.45) is 0 Å². The lowest BCUT2D eigenvalue weighted by atomic mass is 10.2. The first-order chi connectivity index (χ1) is 7.22. The molecule has 1 unspecified atom stereocenters. The highest BCUT2D eigenvalue weighted by Crippen LogP contribution is 2.25. The van der Waals surface area contributed by atoms with Crippen molar-refractivity contribution in [2.75, 3.05) is 7.11 Å². The lowest BCUT2D eigenvalue weighted by Crippen LogP contribution is -2.02. The molecule has 1 atom stereocenters. The third-order valence-corrected chi connectivity index (χ3v) is 2.82. The molecule has 0 aliphatic rings. The average Bonchev–Trinajstić information content (AvgIpc) is 2.28. The van der Waals surface area contributed by atoms with Crippen LogP contribution in [0.3, 0.4) is 0 Å². The number of benzene rings is 1. The predicted octanol–water partition coefficient (Wildman–Crippen LogP) is 2.63. The molecule has 0 bridgehead atoms. The van der Waals surface area contributed by atoms with Gasteiger partial charge in [0.25, 0.3) is 0 Å². The first kappa shape index (κ1) is 10.5. The highest BCUT2D eigenvalue weighted by molar-refractivity contribution is 9.10. The molecule has 1 heterocycles. The number of rotatable bonds is 2. The third kappa shape index (κ3) is 2.02. The first-order valence-electron chi connectivity index (χ1n) is 4.48. The number of aromatic nitrogens is 1. The van der Waals surface area contributed by atoms with Crippen LogP contribution in [0, 0.1) is 0 Å². The normalized spacial score (nSPS) is 13.0. The second-order valence-electron chi connectivity index (χ2n) is 3.13. The number of halogens is 1. The molecule has 0 spiro atoms. The minimum Gasteiger partial charge on any atom is -0.363 e. The summed E-state index contributed by atoms with van der Waals surface area (Å²) in [5, 5.41) is 10.5. The van der Waals surface area contributed by atoms with E-state index >= 15 is 0 Å². The van der Waals surface area contributed by atoms with Crippen molar-refractivity contribution in [3.63, 3.8) is 0 Å². The summed E-state index contributed by atoms with van der Waals surface area (Å²) in [6, 6.07) is 9.48. The van der Waals surface area contributed by atoms with E-state index in [0.717, 1.165) is 15.4 Å². The molecule has 1 N–H and O–H groups in total. The van der Waals surface area contributed by atoms with Crippen molar-refractivity contribution in [2.45, 2.75) is 6.29 Å². The van der Waals surface area contributed by atoms with E-state index in [9.17, 15) is 5.11 Å². The van der Waals surface area contributed by atoms with Crippen LogP contribution in [0.1, 0.15) is 12.0 Å². The summed E-state index contributed by atoms with van der Waals surface area (Å²) in [6.07, 6.45) is -0.981. The van der Waals surface area contributed by atoms with E-state index in [2.05, 4.69) is 20.9 Å². The SMILES string of the molecule is COC(O)c1cc(Br)c2ccccc2n1. The zero-order valence-corrected chi connectivity index (χ0v) is 9.73. The Labute approximate surface area is 95.8 Å². The van der Waals surface area contributed by atoms with Gasteiger partial charge in [0.05, 0.1) is 11.2 Å². The minimum atomic E-state index is -0.981. The van der Waals surface area contributed by atoms with E-state index in [1.165, 1.54) is 7.11 Å². The fourth-order valence-corrected chi connectivity index (χ4v) is 1.97. The number of para-hydroxylation sites is 1. The van der Waals surface area contributed by atoms with Crippen LogP contribution >= 0.6 is 15.9 Å². The highest BCUT2D eigenvalue weighted by Gasteiger charge is 2.10. The van der Waals surface area contributed by atoms with Gasteiger partial charge in [-0.2, -0.15) is 0 Å². The quantitative estimate of drug-likeness (QED) is 0.851. The van der Waals surface area contributed by atoms with E-state index in [0.29, 0.717) is 5.69 Å². The second kappa shape index (κ2) is 4.26. The molecule has 0 saturated heterocycles. The number of hydrogen-bond donors (Lipinski definition) is 1. The van der Waals surface area contributed by atoms with Crippen LogP contribution in [0.4, 0.5) is 0 Å². The Hall–Kier alpha value is -0.970. The molecule has 2 rings (SSSR count). The molecule has 78 valence electrons. The van der Waals surface area contributed by atoms with Gasteiger partial charge in [-0.15, -0.1) is 0 Å². The molecular weight excluding hydrogens is 258 g/mol. The standard InChI is InChI=1S/C11H10BrNO2/c1-15-11(14)10-6-8(12)7-4-2-3-5-9(7)13-10/h2-6,11,14H,1H3. The summed E-state index contributed by atoms with van der Waals surface area (Å²) in [4.78, 5) is 4.30. The number of ether oxygens (including phenoxy) is 1. The molecule has 2 aromatic rings. The number of hydrogen-bond acceptors (Lipinski definition) is 3. The summed E-state index contributed by atoms with van der Waals surface area (Å²) in [5.41, 5.74) is 1.33. The van der Waals surface area contributed by atoms with Gasteiger partial charge < -0.3 is 9.84 Å². The highest BCUT2D eigenvalue weighted by atomic mass is 79.9. The van der Waals surface area contributed by atoms with E-state index in [1.54, 1.807) is 6.07 Å². The van der Waals surface area contributed by atoms with Gasteiger partial charge in [0.2, 0.25) is 0 Å². The van der Waals surface area contributed by atoms with Gasteiger partial charge in [0, 0.05) is 17.0 Å². The largest absolute Gasteiger partial charge is 0.363 e. The molecule has 3 nitrogen and oxygen atoms in total. The molecule has 0 radical (unpaired) electrons. The Morgan fingerprint density at radius 2 is 2.13 bits per heavy atom. The molecule has 0 saturated carbocycles. The van der Waals surface area contributed by atoms with Crippen LogP contribution in [0.5, 0.6) is 0 Å². The Morgan fingerprint density at radius 3 is 2.87 bits per heavy atom. The van der Waals surface area contributed by atoms with Crippen LogP contribution in [0.2, 0.25) is 0 Å². The van der Waals surface area contributed by atoms with Crippen LogP contribution in [0.25, 0.3) is 10.9 Å². The molecular formula is C11H10BrNO2. The maximum absolute atomic E-state index is 9.51. The smallest absolute Gasteiger partial charge is 0.198 e. The van der Waals surface area contributed by atoms with Crippen molar-refractivity contribution in [1.82, 2.24) is 4.98 Å². The van der Waals surface area contributed by atoms with E-state index < -0.39 is 6.29 Å². The van der Waals surface area contributed by atoms with Crippen LogP contribution in [-0.4, -0.2) is 17.2 Å². The Kier molecular flexibility index (Phi) is 3.00. The van der Waals surface area contributed by atoms with Crippen molar-refractivity contribution < 1.29 is 9.84 Å². The fourth-order valence-electron chi connectivity index (χ4n) is 1.40. The zero-order valence-electron chi connectivity index (χ0n) is 8.14. The Balaban J connectivity index is 2.62. The van der Waals surface area contributed by atoms with E-state index in [1.807, 2.05) is 24.3 Å². The summed E-state index contributed by atoms with van der Waals surface area (Å²) in [6.45, 7) is 0. The number of methoxy groups -OCH3 is 1. The first-order valence-corrected chi connectivity index (χ1v) is 5.27. The van der Waals surface area contributed by atoms with Gasteiger partial charge in [-0.3, -0.25) is 0 Å². The van der Waals surface area contributed by atoms with E-state index in [-0.39, 0.29) is 0 Å². The monoisotopic (exact) mass is 267 g/mol. The fraction of sp³-hybridized carbons (Fsp3) is 0.182. The van der Waals surface area contributed by atoms with Crippen molar-refractivity contribution >= 4 is 26.8 Å². The average molecular weight is 268 g/mol. The number of aliphatic hydroxyl groups is 1. The lowest BCUT2D eigenvalue weighted by molar-refractivity contribution is -0.0797. The topological polar surface area (TPSA) is 42.4 Å². The number of fused-ring (bicyclic) bond motifs is 1. The van der Waals surface area contributed by atoms with Gasteiger partial charge in [-0.1, -0.05) is 34.1 Å². The molecule has 1 aromatic carbocycles. The molecule has 1 aromatic heterocycles. The summed E-state index contributed by atoms with van der Waals surface area (Å²) < 4.78 is 5.71. The minimum absolute atomic E-state index is 0.503. The van der Waals surface area contributed by atoms with Crippen molar-refractivity contribution in [3.8, 4) is 0 Å². The van der Waals surface area contributed by atoms with Crippen LogP contribution in [-0.2, 0) is 4.74 Å². The van der Waals surface area contributed by atoms with Gasteiger partial charge in [0.1, 0.15) is 0 Å². The molecule has 4 heteroatoms. The molecule has 0 fully saturated rings. The Bertz CT molecular complexity index is 487. The lowest BCUT2D eigenvalue weighted by Gasteiger charge is -2.09. The molecule has 0 aliphatic heterocycles. The van der Waals surface area contributed by atoms with Crippen molar-refractivity contribution in [3.05, 3.63) is 40.5 Å². The Morgan fingerprint density at radius 1 is 1.40 bits per heavy atom. The molecule has 15 heavy (non-hydrogen) atoms. The number of pyridine rings is 1. The second-order valence-corrected chi connectivity index (χ2v) is 3.99. The zero-order chi connectivity index (χ0) is 10.8. The van der Waals surface area contributed by atoms with Crippen molar-refractivity contribution in [1.29, 1.82) is 0 Å². The number of aliphatic hydroxyl groups excluding tert-OH is 1. The van der Waals surface area contributed by atoms with Crippen LogP contribution in [0.15, 0.2) is 34.8 Å². The predicted molar refractivity (Wildman–Crippen MR) is 61.4 cm³/mol. The maximum atomic E-state index is 9.51. The van der Waals surface area contributed by atoms with Gasteiger partial charge in [0.15, 0.2) is 6.29 Å². The van der Waals surface area contributed by atoms with Gasteiger partial charge in [-0.05, 0) is 12.1 Å². The molecule has 0 amide bonds. The summed E-state index contributed by atoms with van der Waals surface area (Å²) in [5.74, 6) is 0. The van der Waals surface area contributed by atoms with Crippen LogP contribution < -0.4 is 0 Å². The third-order valence-electron chi connectivity index (χ3n) is 2.16. The number of nitrogens with zero attached hydrogens (tertiary/aromatic N) is 1. The summed E-state index contributed by atoms with van der Waals surface area (Å²) in [7, 11) is 1.44. The molecule has 0 aliphatic carbocycles. The summed E-state index contributed by atoms with van der Waals surface area (Å²) >= 11 is 3.44. The van der Waals surface area contributed by atoms with Gasteiger partial charge in [-0.25, -0.2) is 4.98 Å². The van der Waals surface area contributed by atoms with Gasteiger partial charge >= 0.3 is 0 Å². The maximum Gasteiger partial charge on any atom is 0.198 e.